The summed E-state index contributed by atoms with van der Waals surface area (Å²) in [6, 6.07) is 5.42. The molecule has 2 rings (SSSR count). The molecule has 0 saturated heterocycles. The Labute approximate surface area is 155 Å². The van der Waals surface area contributed by atoms with E-state index in [4.69, 9.17) is 4.74 Å². The Bertz CT molecular complexity index is 857. The third-order valence-corrected chi connectivity index (χ3v) is 4.09. The predicted octanol–water partition coefficient (Wildman–Crippen LogP) is 2.18. The number of aromatic amines is 1. The number of aliphatic hydroxyl groups is 1. The van der Waals surface area contributed by atoms with Gasteiger partial charge >= 0.3 is 5.97 Å². The second-order valence-corrected chi connectivity index (χ2v) is 5.92. The van der Waals surface area contributed by atoms with Crippen LogP contribution in [0.3, 0.4) is 0 Å². The molecule has 1 atom stereocenters. The van der Waals surface area contributed by atoms with Crippen molar-refractivity contribution in [1.82, 2.24) is 10.3 Å². The predicted molar refractivity (Wildman–Crippen MR) is 96.6 cm³/mol. The van der Waals surface area contributed by atoms with Gasteiger partial charge in [0.1, 0.15) is 5.69 Å². The van der Waals surface area contributed by atoms with E-state index >= 15 is 0 Å². The number of non-ortho nitro benzene ring substituents is 1. The van der Waals surface area contributed by atoms with Crippen LogP contribution in [0.1, 0.15) is 50.7 Å². The molecule has 0 unspecified atom stereocenters. The van der Waals surface area contributed by atoms with E-state index in [9.17, 15) is 24.8 Å². The number of nitrogens with zero attached hydrogens (tertiary/aromatic N) is 1. The van der Waals surface area contributed by atoms with Crippen LogP contribution in [0.4, 0.5) is 5.69 Å². The molecule has 0 fully saturated rings. The summed E-state index contributed by atoms with van der Waals surface area (Å²) in [7, 11) is 0. The SMILES string of the molecule is CCOC(=O)c1c(C)[nH]c(C(=O)NC[C@@H](O)c2ccc([N+](=O)[O-])cc2)c1C. The van der Waals surface area contributed by atoms with Crippen LogP contribution < -0.4 is 5.32 Å². The van der Waals surface area contributed by atoms with Gasteiger partial charge in [0.15, 0.2) is 0 Å². The highest BCUT2D eigenvalue weighted by Crippen LogP contribution is 2.20. The van der Waals surface area contributed by atoms with E-state index in [1.807, 2.05) is 0 Å². The summed E-state index contributed by atoms with van der Waals surface area (Å²) in [5, 5.41) is 23.4. The van der Waals surface area contributed by atoms with Gasteiger partial charge in [-0.25, -0.2) is 4.79 Å². The number of nitro groups is 1. The van der Waals surface area contributed by atoms with Crippen molar-refractivity contribution in [3.63, 3.8) is 0 Å². The Balaban J connectivity index is 2.06. The highest BCUT2D eigenvalue weighted by molar-refractivity contribution is 6.00. The first-order chi connectivity index (χ1) is 12.8. The van der Waals surface area contributed by atoms with Gasteiger partial charge in [-0.2, -0.15) is 0 Å². The topological polar surface area (TPSA) is 135 Å². The smallest absolute Gasteiger partial charge is 0.340 e. The Hall–Kier alpha value is -3.20. The summed E-state index contributed by atoms with van der Waals surface area (Å²) in [6.07, 6.45) is -1.03. The summed E-state index contributed by atoms with van der Waals surface area (Å²) in [5.41, 5.74) is 1.87. The number of carbonyl (C=O) groups excluding carboxylic acids is 2. The lowest BCUT2D eigenvalue weighted by molar-refractivity contribution is -0.384. The molecule has 1 aromatic carbocycles. The van der Waals surface area contributed by atoms with Crippen LogP contribution in [0.2, 0.25) is 0 Å². The number of nitrogens with one attached hydrogen (secondary N) is 2. The fourth-order valence-corrected chi connectivity index (χ4v) is 2.70. The van der Waals surface area contributed by atoms with Crippen LogP contribution >= 0.6 is 0 Å². The summed E-state index contributed by atoms with van der Waals surface area (Å²) >= 11 is 0. The van der Waals surface area contributed by atoms with E-state index in [0.717, 1.165) is 0 Å². The first-order valence-electron chi connectivity index (χ1n) is 8.33. The third kappa shape index (κ3) is 4.50. The van der Waals surface area contributed by atoms with Crippen molar-refractivity contribution in [3.05, 3.63) is 62.5 Å². The number of carbonyl (C=O) groups is 2. The molecule has 1 aromatic heterocycles. The second-order valence-electron chi connectivity index (χ2n) is 5.92. The van der Waals surface area contributed by atoms with Gasteiger partial charge in [0.2, 0.25) is 0 Å². The molecule has 0 spiro atoms. The van der Waals surface area contributed by atoms with Crippen molar-refractivity contribution in [3.8, 4) is 0 Å². The Morgan fingerprint density at radius 2 is 1.93 bits per heavy atom. The van der Waals surface area contributed by atoms with Gasteiger partial charge < -0.3 is 20.1 Å². The molecule has 1 amide bonds. The highest BCUT2D eigenvalue weighted by atomic mass is 16.6. The van der Waals surface area contributed by atoms with Crippen LogP contribution in [-0.4, -0.2) is 40.0 Å². The number of nitro benzene ring substituents is 1. The Kier molecular flexibility index (Phi) is 6.30. The highest BCUT2D eigenvalue weighted by Gasteiger charge is 2.23. The number of aliphatic hydroxyl groups excluding tert-OH is 1. The number of benzene rings is 1. The number of amides is 1. The van der Waals surface area contributed by atoms with Crippen molar-refractivity contribution >= 4 is 17.6 Å². The zero-order valence-electron chi connectivity index (χ0n) is 15.2. The van der Waals surface area contributed by atoms with Gasteiger partial charge in [-0.05, 0) is 44.0 Å². The molecule has 1 heterocycles. The molecule has 2 aromatic rings. The third-order valence-electron chi connectivity index (χ3n) is 4.09. The van der Waals surface area contributed by atoms with Crippen LogP contribution in [-0.2, 0) is 4.74 Å². The number of aryl methyl sites for hydroxylation is 1. The summed E-state index contributed by atoms with van der Waals surface area (Å²) in [5.74, 6) is -0.985. The molecule has 27 heavy (non-hydrogen) atoms. The van der Waals surface area contributed by atoms with Crippen LogP contribution in [0, 0.1) is 24.0 Å². The monoisotopic (exact) mass is 375 g/mol. The Morgan fingerprint density at radius 1 is 1.30 bits per heavy atom. The first kappa shape index (κ1) is 20.1. The largest absolute Gasteiger partial charge is 0.462 e. The van der Waals surface area contributed by atoms with Gasteiger partial charge in [-0.1, -0.05) is 0 Å². The Morgan fingerprint density at radius 3 is 2.48 bits per heavy atom. The van der Waals surface area contributed by atoms with E-state index in [1.165, 1.54) is 24.3 Å². The van der Waals surface area contributed by atoms with Gasteiger partial charge in [0.05, 0.1) is 23.2 Å². The average molecular weight is 375 g/mol. The van der Waals surface area contributed by atoms with Crippen molar-refractivity contribution in [2.75, 3.05) is 13.2 Å². The number of hydrogen-bond donors (Lipinski definition) is 3. The van der Waals surface area contributed by atoms with E-state index in [2.05, 4.69) is 10.3 Å². The molecule has 0 bridgehead atoms. The number of aromatic nitrogens is 1. The maximum absolute atomic E-state index is 12.4. The van der Waals surface area contributed by atoms with Crippen molar-refractivity contribution < 1.29 is 24.4 Å². The maximum atomic E-state index is 12.4. The standard InChI is InChI=1S/C18H21N3O6/c1-4-27-18(24)15-10(2)16(20-11(15)3)17(23)19-9-14(22)12-5-7-13(8-6-12)21(25)26/h5-8,14,20,22H,4,9H2,1-3H3,(H,19,23)/t14-/m1/s1. The zero-order chi connectivity index (χ0) is 20.1. The van der Waals surface area contributed by atoms with Gasteiger partial charge in [0, 0.05) is 24.4 Å². The number of H-pyrrole nitrogens is 1. The van der Waals surface area contributed by atoms with E-state index < -0.39 is 22.9 Å². The van der Waals surface area contributed by atoms with Gasteiger partial charge in [0.25, 0.3) is 11.6 Å². The molecule has 0 aliphatic carbocycles. The van der Waals surface area contributed by atoms with Crippen LogP contribution in [0.15, 0.2) is 24.3 Å². The fraction of sp³-hybridized carbons (Fsp3) is 0.333. The molecule has 0 radical (unpaired) electrons. The zero-order valence-corrected chi connectivity index (χ0v) is 15.2. The van der Waals surface area contributed by atoms with Crippen LogP contribution in [0.5, 0.6) is 0 Å². The second kappa shape index (κ2) is 8.45. The molecule has 3 N–H and O–H groups in total. The molecular weight excluding hydrogens is 354 g/mol. The fourth-order valence-electron chi connectivity index (χ4n) is 2.70. The molecule has 0 aliphatic heterocycles. The lowest BCUT2D eigenvalue weighted by atomic mass is 10.1. The summed E-state index contributed by atoms with van der Waals surface area (Å²) < 4.78 is 4.99. The summed E-state index contributed by atoms with van der Waals surface area (Å²) in [6.45, 7) is 5.14. The van der Waals surface area contributed by atoms with Gasteiger partial charge in [-0.15, -0.1) is 0 Å². The average Bonchev–Trinajstić information content (AvgIpc) is 2.94. The maximum Gasteiger partial charge on any atom is 0.340 e. The van der Waals surface area contributed by atoms with Gasteiger partial charge in [-0.3, -0.25) is 14.9 Å². The number of ether oxygens (including phenoxy) is 1. The van der Waals surface area contributed by atoms with Crippen molar-refractivity contribution in [2.45, 2.75) is 26.9 Å². The number of esters is 1. The number of hydrogen-bond acceptors (Lipinski definition) is 6. The van der Waals surface area contributed by atoms with E-state index in [-0.39, 0.29) is 24.5 Å². The minimum absolute atomic E-state index is 0.0843. The van der Waals surface area contributed by atoms with Crippen LogP contribution in [0.25, 0.3) is 0 Å². The molecule has 9 nitrogen and oxygen atoms in total. The minimum atomic E-state index is -1.03. The molecular formula is C18H21N3O6. The normalized spacial score (nSPS) is 11.7. The number of rotatable bonds is 7. The van der Waals surface area contributed by atoms with Crippen molar-refractivity contribution in [2.24, 2.45) is 0 Å². The molecule has 144 valence electrons. The summed E-state index contributed by atoms with van der Waals surface area (Å²) in [4.78, 5) is 37.4. The first-order valence-corrected chi connectivity index (χ1v) is 8.33. The molecule has 9 heteroatoms. The van der Waals surface area contributed by atoms with Crippen molar-refractivity contribution in [1.29, 1.82) is 0 Å². The molecule has 0 saturated carbocycles. The lowest BCUT2D eigenvalue weighted by Gasteiger charge is -2.12. The van der Waals surface area contributed by atoms with E-state index in [0.29, 0.717) is 22.4 Å². The quantitative estimate of drug-likeness (QED) is 0.386. The lowest BCUT2D eigenvalue weighted by Crippen LogP contribution is -2.29. The molecule has 0 aliphatic rings. The minimum Gasteiger partial charge on any atom is -0.462 e. The van der Waals surface area contributed by atoms with E-state index in [1.54, 1.807) is 20.8 Å².